The number of aromatic nitrogens is 1. The zero-order valence-corrected chi connectivity index (χ0v) is 14.6. The smallest absolute Gasteiger partial charge is 0.251 e. The summed E-state index contributed by atoms with van der Waals surface area (Å²) < 4.78 is 5.05. The predicted octanol–water partition coefficient (Wildman–Crippen LogP) is 2.31. The second kappa shape index (κ2) is 8.29. The van der Waals surface area contributed by atoms with E-state index in [4.69, 9.17) is 4.74 Å². The molecular formula is C20H21N3O3. The largest absolute Gasteiger partial charge is 0.481 e. The molecule has 0 aliphatic heterocycles. The van der Waals surface area contributed by atoms with E-state index in [0.29, 0.717) is 24.0 Å². The summed E-state index contributed by atoms with van der Waals surface area (Å²) in [6.45, 7) is 0.391. The second-order valence-electron chi connectivity index (χ2n) is 6.13. The first-order valence-corrected chi connectivity index (χ1v) is 8.50. The maximum absolute atomic E-state index is 11.9. The van der Waals surface area contributed by atoms with E-state index in [1.165, 1.54) is 6.08 Å². The van der Waals surface area contributed by atoms with E-state index in [0.717, 1.165) is 24.0 Å². The minimum absolute atomic E-state index is 0.0476. The fraction of sp³-hybridized carbons (Fsp3) is 0.250. The van der Waals surface area contributed by atoms with Crippen LogP contribution < -0.4 is 15.4 Å². The summed E-state index contributed by atoms with van der Waals surface area (Å²) >= 11 is 0. The van der Waals surface area contributed by atoms with Gasteiger partial charge in [0.05, 0.1) is 7.11 Å². The lowest BCUT2D eigenvalue weighted by atomic mass is 10.1. The molecule has 134 valence electrons. The van der Waals surface area contributed by atoms with Crippen molar-refractivity contribution < 1.29 is 14.3 Å². The summed E-state index contributed by atoms with van der Waals surface area (Å²) in [6, 6.07) is 11.1. The monoisotopic (exact) mass is 351 g/mol. The summed E-state index contributed by atoms with van der Waals surface area (Å²) in [5.74, 6) is 0.267. The van der Waals surface area contributed by atoms with Crippen molar-refractivity contribution in [1.29, 1.82) is 0 Å². The minimum atomic E-state index is -0.198. The van der Waals surface area contributed by atoms with Gasteiger partial charge in [-0.1, -0.05) is 12.1 Å². The third-order valence-corrected chi connectivity index (χ3v) is 3.99. The van der Waals surface area contributed by atoms with Gasteiger partial charge < -0.3 is 15.4 Å². The first kappa shape index (κ1) is 17.7. The lowest BCUT2D eigenvalue weighted by Crippen LogP contribution is -2.25. The van der Waals surface area contributed by atoms with Crippen molar-refractivity contribution in [2.75, 3.05) is 7.11 Å². The fourth-order valence-electron chi connectivity index (χ4n) is 2.33. The molecule has 1 fully saturated rings. The van der Waals surface area contributed by atoms with Gasteiger partial charge in [0.25, 0.3) is 5.91 Å². The molecule has 0 spiro atoms. The molecule has 2 N–H and O–H groups in total. The van der Waals surface area contributed by atoms with Gasteiger partial charge in [-0.15, -0.1) is 0 Å². The van der Waals surface area contributed by atoms with Crippen LogP contribution in [-0.4, -0.2) is 29.9 Å². The average molecular weight is 351 g/mol. The quantitative estimate of drug-likeness (QED) is 0.750. The molecule has 1 aliphatic carbocycles. The third kappa shape index (κ3) is 5.17. The summed E-state index contributed by atoms with van der Waals surface area (Å²) in [7, 11) is 1.55. The lowest BCUT2D eigenvalue weighted by Gasteiger charge is -2.04. The van der Waals surface area contributed by atoms with Gasteiger partial charge in [-0.2, -0.15) is 0 Å². The SMILES string of the molecule is COc1cc(CNC(=O)/C=C/c2ccc(C(=O)NC3CC3)cc2)ccn1. The Morgan fingerprint density at radius 2 is 2.00 bits per heavy atom. The number of amides is 2. The number of rotatable bonds is 7. The lowest BCUT2D eigenvalue weighted by molar-refractivity contribution is -0.116. The molecule has 3 rings (SSSR count). The maximum Gasteiger partial charge on any atom is 0.251 e. The van der Waals surface area contributed by atoms with Crippen LogP contribution in [0, 0.1) is 0 Å². The van der Waals surface area contributed by atoms with Gasteiger partial charge in [-0.05, 0) is 48.2 Å². The van der Waals surface area contributed by atoms with Crippen molar-refractivity contribution in [2.24, 2.45) is 0 Å². The molecule has 0 unspecified atom stereocenters. The van der Waals surface area contributed by atoms with Gasteiger partial charge in [-0.25, -0.2) is 4.98 Å². The third-order valence-electron chi connectivity index (χ3n) is 3.99. The number of methoxy groups -OCH3 is 1. The average Bonchev–Trinajstić information content (AvgIpc) is 3.49. The molecular weight excluding hydrogens is 330 g/mol. The van der Waals surface area contributed by atoms with Gasteiger partial charge in [0.1, 0.15) is 0 Å². The molecule has 1 aromatic heterocycles. The molecule has 1 saturated carbocycles. The summed E-state index contributed by atoms with van der Waals surface area (Å²) in [6.07, 6.45) is 6.95. The van der Waals surface area contributed by atoms with Gasteiger partial charge in [0.15, 0.2) is 0 Å². The van der Waals surface area contributed by atoms with Crippen LogP contribution in [0.1, 0.15) is 34.3 Å². The van der Waals surface area contributed by atoms with Crippen LogP contribution in [0.25, 0.3) is 6.08 Å². The Labute approximate surface area is 152 Å². The van der Waals surface area contributed by atoms with Crippen molar-refractivity contribution in [3.05, 3.63) is 65.4 Å². The van der Waals surface area contributed by atoms with Crippen molar-refractivity contribution in [1.82, 2.24) is 15.6 Å². The highest BCUT2D eigenvalue weighted by molar-refractivity contribution is 5.95. The highest BCUT2D eigenvalue weighted by atomic mass is 16.5. The Bertz CT molecular complexity index is 811. The van der Waals surface area contributed by atoms with Crippen LogP contribution in [0.5, 0.6) is 5.88 Å². The van der Waals surface area contributed by atoms with Gasteiger partial charge in [0, 0.05) is 36.5 Å². The van der Waals surface area contributed by atoms with Crippen LogP contribution in [-0.2, 0) is 11.3 Å². The second-order valence-corrected chi connectivity index (χ2v) is 6.13. The van der Waals surface area contributed by atoms with E-state index in [9.17, 15) is 9.59 Å². The molecule has 26 heavy (non-hydrogen) atoms. The van der Waals surface area contributed by atoms with Crippen molar-refractivity contribution >= 4 is 17.9 Å². The number of benzene rings is 1. The molecule has 1 heterocycles. The zero-order valence-electron chi connectivity index (χ0n) is 14.6. The van der Waals surface area contributed by atoms with E-state index < -0.39 is 0 Å². The number of nitrogens with one attached hydrogen (secondary N) is 2. The first-order valence-electron chi connectivity index (χ1n) is 8.50. The Kier molecular flexibility index (Phi) is 5.63. The molecule has 2 aromatic rings. The van der Waals surface area contributed by atoms with Crippen LogP contribution >= 0.6 is 0 Å². The fourth-order valence-corrected chi connectivity index (χ4v) is 2.33. The normalized spacial score (nSPS) is 13.4. The topological polar surface area (TPSA) is 80.3 Å². The molecule has 1 aromatic carbocycles. The van der Waals surface area contributed by atoms with Crippen LogP contribution in [0.3, 0.4) is 0 Å². The minimum Gasteiger partial charge on any atom is -0.481 e. The molecule has 0 atom stereocenters. The number of carbonyl (C=O) groups is 2. The summed E-state index contributed by atoms with van der Waals surface area (Å²) in [4.78, 5) is 27.9. The van der Waals surface area contributed by atoms with Crippen molar-refractivity contribution in [3.8, 4) is 5.88 Å². The number of hydrogen-bond acceptors (Lipinski definition) is 4. The molecule has 6 heteroatoms. The molecule has 0 saturated heterocycles. The molecule has 6 nitrogen and oxygen atoms in total. The van der Waals surface area contributed by atoms with Crippen molar-refractivity contribution in [3.63, 3.8) is 0 Å². The highest BCUT2D eigenvalue weighted by Crippen LogP contribution is 2.19. The van der Waals surface area contributed by atoms with Gasteiger partial charge >= 0.3 is 0 Å². The Balaban J connectivity index is 1.50. The Morgan fingerprint density at radius 1 is 1.23 bits per heavy atom. The molecule has 0 bridgehead atoms. The zero-order chi connectivity index (χ0) is 18.4. The van der Waals surface area contributed by atoms with Crippen LogP contribution in [0.2, 0.25) is 0 Å². The number of carbonyl (C=O) groups excluding carboxylic acids is 2. The van der Waals surface area contributed by atoms with Gasteiger partial charge in [0.2, 0.25) is 11.8 Å². The molecule has 2 amide bonds. The van der Waals surface area contributed by atoms with E-state index >= 15 is 0 Å². The number of ether oxygens (including phenoxy) is 1. The van der Waals surface area contributed by atoms with Crippen molar-refractivity contribution in [2.45, 2.75) is 25.4 Å². The van der Waals surface area contributed by atoms with Gasteiger partial charge in [-0.3, -0.25) is 9.59 Å². The molecule has 1 aliphatic rings. The standard InChI is InChI=1S/C20H21N3O3/c1-26-19-12-15(10-11-21-19)13-22-18(24)9-4-14-2-5-16(6-3-14)20(25)23-17-7-8-17/h2-6,9-12,17H,7-8,13H2,1H3,(H,22,24)(H,23,25)/b9-4+. The van der Waals surface area contributed by atoms with Crippen LogP contribution in [0.15, 0.2) is 48.7 Å². The Hall–Kier alpha value is -3.15. The highest BCUT2D eigenvalue weighted by Gasteiger charge is 2.23. The van der Waals surface area contributed by atoms with E-state index in [-0.39, 0.29) is 11.8 Å². The molecule has 0 radical (unpaired) electrons. The number of nitrogens with zero attached hydrogens (tertiary/aromatic N) is 1. The summed E-state index contributed by atoms with van der Waals surface area (Å²) in [5.41, 5.74) is 2.39. The number of pyridine rings is 1. The van der Waals surface area contributed by atoms with E-state index in [1.807, 2.05) is 18.2 Å². The summed E-state index contributed by atoms with van der Waals surface area (Å²) in [5, 5.41) is 5.75. The Morgan fingerprint density at radius 3 is 2.69 bits per heavy atom. The van der Waals surface area contributed by atoms with Crippen LogP contribution in [0.4, 0.5) is 0 Å². The maximum atomic E-state index is 11.9. The van der Waals surface area contributed by atoms with E-state index in [2.05, 4.69) is 15.6 Å². The number of hydrogen-bond donors (Lipinski definition) is 2. The first-order chi connectivity index (χ1) is 12.6. The predicted molar refractivity (Wildman–Crippen MR) is 98.6 cm³/mol. The van der Waals surface area contributed by atoms with E-state index in [1.54, 1.807) is 37.6 Å².